The van der Waals surface area contributed by atoms with Gasteiger partial charge in [-0.05, 0) is 24.0 Å². The topological polar surface area (TPSA) is 94.4 Å². The second-order valence-electron chi connectivity index (χ2n) is 5.01. The van der Waals surface area contributed by atoms with Crippen LogP contribution in [0.15, 0.2) is 21.9 Å². The van der Waals surface area contributed by atoms with Gasteiger partial charge < -0.3 is 4.98 Å². The first-order valence-electron chi connectivity index (χ1n) is 6.26. The molecule has 0 unspecified atom stereocenters. The number of aromatic amines is 3. The van der Waals surface area contributed by atoms with E-state index in [1.165, 1.54) is 6.07 Å². The van der Waals surface area contributed by atoms with E-state index in [9.17, 15) is 22.8 Å². The third-order valence-electron chi connectivity index (χ3n) is 3.54. The van der Waals surface area contributed by atoms with Crippen LogP contribution in [0.2, 0.25) is 0 Å². The molecule has 2 heterocycles. The van der Waals surface area contributed by atoms with Crippen molar-refractivity contribution >= 4 is 12.2 Å². The van der Waals surface area contributed by atoms with Crippen molar-refractivity contribution in [2.24, 2.45) is 5.92 Å². The maximum Gasteiger partial charge on any atom is 0.392 e. The van der Waals surface area contributed by atoms with Gasteiger partial charge in [0.25, 0.3) is 5.56 Å². The van der Waals surface area contributed by atoms with Crippen molar-refractivity contribution < 1.29 is 13.2 Å². The largest absolute Gasteiger partial charge is 0.392 e. The predicted molar refractivity (Wildman–Crippen MR) is 73.0 cm³/mol. The molecule has 1 saturated carbocycles. The van der Waals surface area contributed by atoms with Crippen LogP contribution >= 0.6 is 12.2 Å². The number of hydrogen-bond acceptors (Lipinski definition) is 4. The Morgan fingerprint density at radius 1 is 1.32 bits per heavy atom. The van der Waals surface area contributed by atoms with Gasteiger partial charge in [0.1, 0.15) is 4.64 Å². The summed E-state index contributed by atoms with van der Waals surface area (Å²) in [7, 11) is 0. The van der Waals surface area contributed by atoms with Gasteiger partial charge in [-0.1, -0.05) is 12.2 Å². The minimum absolute atomic E-state index is 0.0353. The summed E-state index contributed by atoms with van der Waals surface area (Å²) in [6.45, 7) is 0. The summed E-state index contributed by atoms with van der Waals surface area (Å²) < 4.78 is 38.2. The van der Waals surface area contributed by atoms with Crippen LogP contribution in [0.4, 0.5) is 13.2 Å². The molecule has 22 heavy (non-hydrogen) atoms. The maximum atomic E-state index is 12.7. The van der Waals surface area contributed by atoms with Crippen LogP contribution in [0.3, 0.4) is 0 Å². The Labute approximate surface area is 125 Å². The molecule has 10 heteroatoms. The molecule has 0 amide bonds. The Morgan fingerprint density at radius 2 is 2.05 bits per heavy atom. The van der Waals surface area contributed by atoms with Gasteiger partial charge >= 0.3 is 11.9 Å². The highest BCUT2D eigenvalue weighted by molar-refractivity contribution is 7.71. The van der Waals surface area contributed by atoms with E-state index in [0.717, 1.165) is 6.20 Å². The molecule has 2 aromatic heterocycles. The lowest BCUT2D eigenvalue weighted by Crippen LogP contribution is -2.23. The van der Waals surface area contributed by atoms with Gasteiger partial charge in [0.2, 0.25) is 0 Å². The summed E-state index contributed by atoms with van der Waals surface area (Å²) in [5.74, 6) is -2.15. The molecule has 2 atom stereocenters. The van der Waals surface area contributed by atoms with Gasteiger partial charge in [0.05, 0.1) is 17.2 Å². The number of aromatic nitrogens is 4. The lowest BCUT2D eigenvalue weighted by Gasteiger charge is -2.06. The van der Waals surface area contributed by atoms with Crippen LogP contribution < -0.4 is 11.2 Å². The molecule has 0 bridgehead atoms. The van der Waals surface area contributed by atoms with Gasteiger partial charge in [0, 0.05) is 6.20 Å². The molecular formula is C12H9F3N4O2S. The van der Waals surface area contributed by atoms with Crippen molar-refractivity contribution in [3.63, 3.8) is 0 Å². The molecule has 3 N–H and O–H groups in total. The fourth-order valence-corrected chi connectivity index (χ4v) is 2.59. The first-order valence-corrected chi connectivity index (χ1v) is 6.67. The number of alkyl halides is 3. The molecule has 0 aliphatic heterocycles. The van der Waals surface area contributed by atoms with E-state index >= 15 is 0 Å². The van der Waals surface area contributed by atoms with Gasteiger partial charge in [-0.3, -0.25) is 14.9 Å². The first-order chi connectivity index (χ1) is 10.3. The molecule has 0 aromatic carbocycles. The fourth-order valence-electron chi connectivity index (χ4n) is 2.33. The second-order valence-corrected chi connectivity index (χ2v) is 5.42. The van der Waals surface area contributed by atoms with Crippen LogP contribution in [0.1, 0.15) is 17.9 Å². The summed E-state index contributed by atoms with van der Waals surface area (Å²) in [6.07, 6.45) is -3.16. The Kier molecular flexibility index (Phi) is 3.28. The highest BCUT2D eigenvalue weighted by atomic mass is 32.1. The molecule has 1 aliphatic carbocycles. The Balaban J connectivity index is 2.03. The average molecular weight is 330 g/mol. The van der Waals surface area contributed by atoms with Crippen molar-refractivity contribution in [3.05, 3.63) is 43.3 Å². The summed E-state index contributed by atoms with van der Waals surface area (Å²) in [5, 5.41) is 6.30. The molecule has 3 rings (SSSR count). The zero-order chi connectivity index (χ0) is 16.1. The number of hydrogen-bond donors (Lipinski definition) is 3. The summed E-state index contributed by atoms with van der Waals surface area (Å²) in [4.78, 5) is 27.0. The molecule has 6 nitrogen and oxygen atoms in total. The fraction of sp³-hybridized carbons (Fsp3) is 0.333. The first kappa shape index (κ1) is 14.7. The van der Waals surface area contributed by atoms with E-state index in [2.05, 4.69) is 15.2 Å². The quantitative estimate of drug-likeness (QED) is 0.733. The summed E-state index contributed by atoms with van der Waals surface area (Å²) in [6, 6.07) is 1.36. The number of halogens is 3. The van der Waals surface area contributed by atoms with Crippen molar-refractivity contribution in [2.45, 2.75) is 18.5 Å². The lowest BCUT2D eigenvalue weighted by molar-refractivity contribution is -0.148. The molecule has 1 aliphatic rings. The molecule has 0 saturated heterocycles. The van der Waals surface area contributed by atoms with Crippen LogP contribution in [0.25, 0.3) is 11.3 Å². The molecule has 0 radical (unpaired) electrons. The smallest absolute Gasteiger partial charge is 0.313 e. The van der Waals surface area contributed by atoms with Gasteiger partial charge in [-0.15, -0.1) is 0 Å². The van der Waals surface area contributed by atoms with E-state index < -0.39 is 29.3 Å². The third kappa shape index (κ3) is 2.61. The van der Waals surface area contributed by atoms with E-state index in [4.69, 9.17) is 12.2 Å². The number of rotatable bonds is 2. The van der Waals surface area contributed by atoms with E-state index in [1.54, 1.807) is 0 Å². The number of nitrogens with zero attached hydrogens (tertiary/aromatic N) is 1. The third-order valence-corrected chi connectivity index (χ3v) is 3.86. The van der Waals surface area contributed by atoms with Crippen molar-refractivity contribution in [3.8, 4) is 11.3 Å². The zero-order valence-electron chi connectivity index (χ0n) is 10.8. The number of H-pyrrole nitrogens is 3. The highest BCUT2D eigenvalue weighted by Crippen LogP contribution is 2.56. The van der Waals surface area contributed by atoms with Gasteiger partial charge in [-0.2, -0.15) is 18.3 Å². The second kappa shape index (κ2) is 4.90. The van der Waals surface area contributed by atoms with Crippen LogP contribution in [-0.2, 0) is 0 Å². The van der Waals surface area contributed by atoms with E-state index in [1.807, 2.05) is 4.98 Å². The minimum Gasteiger partial charge on any atom is -0.313 e. The van der Waals surface area contributed by atoms with Crippen LogP contribution in [0, 0.1) is 10.6 Å². The van der Waals surface area contributed by atoms with E-state index in [0.29, 0.717) is 5.56 Å². The van der Waals surface area contributed by atoms with Gasteiger partial charge in [-0.25, -0.2) is 4.79 Å². The normalized spacial score (nSPS) is 20.9. The van der Waals surface area contributed by atoms with Crippen molar-refractivity contribution in [1.29, 1.82) is 0 Å². The predicted octanol–water partition coefficient (Wildman–Crippen LogP) is 1.85. The Bertz CT molecular complexity index is 898. The monoisotopic (exact) mass is 330 g/mol. The van der Waals surface area contributed by atoms with Gasteiger partial charge in [0.15, 0.2) is 0 Å². The standard InChI is InChI=1S/C12H9F3N4O2S/c13-12(14,15)7-1-4(7)5-2-8(18-19-10(5)22)6-3-16-11(21)17-9(6)20/h2-4,7H,1H2,(H,19,22)(H2,16,17,20,21)/t4-,7+/m0/s1. The van der Waals surface area contributed by atoms with Crippen LogP contribution in [0.5, 0.6) is 0 Å². The lowest BCUT2D eigenvalue weighted by atomic mass is 10.1. The molecular weight excluding hydrogens is 321 g/mol. The maximum absolute atomic E-state index is 12.7. The average Bonchev–Trinajstić information content (AvgIpc) is 3.20. The molecule has 2 aromatic rings. The summed E-state index contributed by atoms with van der Waals surface area (Å²) in [5.41, 5.74) is -0.911. The SMILES string of the molecule is O=c1[nH]cc(-c2cc([C@@H]3C[C@H]3C(F)(F)F)c(=S)[nH]n2)c(=O)[nH]1. The molecule has 0 spiro atoms. The Morgan fingerprint density at radius 3 is 2.64 bits per heavy atom. The minimum atomic E-state index is -4.27. The summed E-state index contributed by atoms with van der Waals surface area (Å²) >= 11 is 4.98. The number of nitrogens with one attached hydrogen (secondary N) is 3. The Hall–Kier alpha value is -2.23. The van der Waals surface area contributed by atoms with Crippen molar-refractivity contribution in [2.75, 3.05) is 0 Å². The molecule has 116 valence electrons. The molecule has 1 fully saturated rings. The van der Waals surface area contributed by atoms with E-state index in [-0.39, 0.29) is 22.3 Å². The van der Waals surface area contributed by atoms with Crippen LogP contribution in [-0.4, -0.2) is 26.3 Å². The highest BCUT2D eigenvalue weighted by Gasteiger charge is 2.56. The van der Waals surface area contributed by atoms with Crippen molar-refractivity contribution in [1.82, 2.24) is 20.2 Å². The zero-order valence-corrected chi connectivity index (χ0v) is 11.6.